The molecular formula is C33H29F3N2O6S. The third-order valence-electron chi connectivity index (χ3n) is 6.96. The Morgan fingerprint density at radius 3 is 1.96 bits per heavy atom. The molecule has 45 heavy (non-hydrogen) atoms. The molecule has 0 heterocycles. The first-order chi connectivity index (χ1) is 21.6. The second-order valence-corrected chi connectivity index (χ2v) is 11.1. The third-order valence-corrected chi connectivity index (χ3v) is 7.92. The van der Waals surface area contributed by atoms with Crippen LogP contribution in [-0.2, 0) is 0 Å². The number of carbonyl (C=O) groups is 2. The lowest BCUT2D eigenvalue weighted by atomic mass is 9.94. The standard InChI is InChI=1S/C33H29F3N2O6S/c34-33(35,36)44-27-17-19-28(20-18-27)45-38-22-7-11-24(12-8-22)43-26-15-13-25(14-16-26)42-23-9-5-21(6-10-23)31(39)37-30-4-2-1-3-29(30)32(40)41/h1-6,9-10,13-20,22,24,38H,7-8,11-12H2,(H,37,39)(H,40,41). The predicted octanol–water partition coefficient (Wildman–Crippen LogP) is 8.31. The molecule has 0 bridgehead atoms. The lowest BCUT2D eigenvalue weighted by Crippen LogP contribution is -2.33. The Kier molecular flexibility index (Phi) is 10.2. The molecule has 0 saturated heterocycles. The Bertz CT molecular complexity index is 1590. The first-order valence-electron chi connectivity index (χ1n) is 14.1. The van der Waals surface area contributed by atoms with E-state index < -0.39 is 18.2 Å². The molecule has 0 radical (unpaired) electrons. The highest BCUT2D eigenvalue weighted by Crippen LogP contribution is 2.30. The van der Waals surface area contributed by atoms with E-state index in [0.717, 1.165) is 36.3 Å². The van der Waals surface area contributed by atoms with Gasteiger partial charge in [-0.15, -0.1) is 13.2 Å². The number of ether oxygens (including phenoxy) is 3. The molecule has 1 saturated carbocycles. The Morgan fingerprint density at radius 2 is 1.33 bits per heavy atom. The molecule has 0 aromatic heterocycles. The summed E-state index contributed by atoms with van der Waals surface area (Å²) in [4.78, 5) is 24.8. The van der Waals surface area contributed by atoms with Crippen LogP contribution in [0, 0.1) is 0 Å². The largest absolute Gasteiger partial charge is 0.573 e. The van der Waals surface area contributed by atoms with E-state index in [1.165, 1.54) is 36.2 Å². The summed E-state index contributed by atoms with van der Waals surface area (Å²) in [6.45, 7) is 0. The lowest BCUT2D eigenvalue weighted by molar-refractivity contribution is -0.274. The molecule has 0 unspecified atom stereocenters. The van der Waals surface area contributed by atoms with Gasteiger partial charge in [-0.1, -0.05) is 12.1 Å². The molecule has 12 heteroatoms. The summed E-state index contributed by atoms with van der Waals surface area (Å²) in [5.41, 5.74) is 0.571. The molecule has 234 valence electrons. The number of halogens is 3. The fourth-order valence-corrected chi connectivity index (χ4v) is 5.53. The minimum atomic E-state index is -4.71. The summed E-state index contributed by atoms with van der Waals surface area (Å²) in [7, 11) is 0. The van der Waals surface area contributed by atoms with Crippen LogP contribution in [0.1, 0.15) is 46.4 Å². The van der Waals surface area contributed by atoms with Crippen LogP contribution in [-0.4, -0.2) is 35.5 Å². The summed E-state index contributed by atoms with van der Waals surface area (Å²) in [6, 6.07) is 26.0. The van der Waals surface area contributed by atoms with E-state index in [1.807, 2.05) is 12.1 Å². The van der Waals surface area contributed by atoms with Crippen molar-refractivity contribution in [3.8, 4) is 23.0 Å². The number of anilines is 1. The number of benzene rings is 4. The number of nitrogens with one attached hydrogen (secondary N) is 2. The van der Waals surface area contributed by atoms with E-state index in [0.29, 0.717) is 17.1 Å². The molecule has 1 amide bonds. The van der Waals surface area contributed by atoms with Crippen LogP contribution < -0.4 is 24.2 Å². The Balaban J connectivity index is 1.04. The van der Waals surface area contributed by atoms with E-state index in [2.05, 4.69) is 14.8 Å². The van der Waals surface area contributed by atoms with Gasteiger partial charge in [0.1, 0.15) is 23.0 Å². The molecule has 0 aliphatic heterocycles. The fraction of sp³-hybridized carbons (Fsp3) is 0.212. The molecule has 0 spiro atoms. The fourth-order valence-electron chi connectivity index (χ4n) is 4.72. The number of carboxylic acid groups (broad SMARTS) is 1. The Labute approximate surface area is 261 Å². The normalized spacial score (nSPS) is 16.4. The van der Waals surface area contributed by atoms with Gasteiger partial charge in [-0.05, 0) is 123 Å². The van der Waals surface area contributed by atoms with Crippen molar-refractivity contribution in [2.75, 3.05) is 5.32 Å². The zero-order valence-corrected chi connectivity index (χ0v) is 24.6. The molecule has 4 aromatic carbocycles. The van der Waals surface area contributed by atoms with Gasteiger partial charge in [-0.2, -0.15) is 0 Å². The van der Waals surface area contributed by atoms with Crippen LogP contribution in [0.4, 0.5) is 18.9 Å². The Hall–Kier alpha value is -4.68. The average molecular weight is 639 g/mol. The molecule has 3 N–H and O–H groups in total. The first-order valence-corrected chi connectivity index (χ1v) is 14.9. The minimum Gasteiger partial charge on any atom is -0.490 e. The lowest BCUT2D eigenvalue weighted by Gasteiger charge is -2.29. The van der Waals surface area contributed by atoms with Crippen molar-refractivity contribution in [2.24, 2.45) is 0 Å². The smallest absolute Gasteiger partial charge is 0.490 e. The van der Waals surface area contributed by atoms with Gasteiger partial charge >= 0.3 is 12.3 Å². The summed E-state index contributed by atoms with van der Waals surface area (Å²) in [5.74, 6) is 0.0369. The summed E-state index contributed by atoms with van der Waals surface area (Å²) in [5, 5.41) is 11.9. The summed E-state index contributed by atoms with van der Waals surface area (Å²) >= 11 is 1.38. The number of rotatable bonds is 11. The van der Waals surface area contributed by atoms with Crippen LogP contribution >= 0.6 is 11.9 Å². The molecule has 8 nitrogen and oxygen atoms in total. The SMILES string of the molecule is O=C(Nc1ccccc1C(=O)O)c1ccc(Oc2ccc(OC3CCC(NSc4ccc(OC(F)(F)F)cc4)CC3)cc2)cc1. The third kappa shape index (κ3) is 9.40. The van der Waals surface area contributed by atoms with Crippen molar-refractivity contribution in [1.29, 1.82) is 0 Å². The quantitative estimate of drug-likeness (QED) is 0.141. The number of para-hydroxylation sites is 1. The highest BCUT2D eigenvalue weighted by molar-refractivity contribution is 7.97. The van der Waals surface area contributed by atoms with Gasteiger partial charge in [0.05, 0.1) is 17.4 Å². The number of carboxylic acids is 1. The van der Waals surface area contributed by atoms with Gasteiger partial charge in [0.25, 0.3) is 5.91 Å². The molecule has 5 rings (SSSR count). The monoisotopic (exact) mass is 638 g/mol. The van der Waals surface area contributed by atoms with Crippen LogP contribution in [0.25, 0.3) is 0 Å². The predicted molar refractivity (Wildman–Crippen MR) is 163 cm³/mol. The van der Waals surface area contributed by atoms with Gasteiger partial charge in [-0.25, -0.2) is 4.79 Å². The van der Waals surface area contributed by atoms with Gasteiger partial charge in [-0.3, -0.25) is 9.52 Å². The van der Waals surface area contributed by atoms with Crippen LogP contribution in [0.5, 0.6) is 23.0 Å². The van der Waals surface area contributed by atoms with Crippen LogP contribution in [0.15, 0.2) is 102 Å². The molecule has 1 fully saturated rings. The maximum atomic E-state index is 12.6. The molecular weight excluding hydrogens is 609 g/mol. The highest BCUT2D eigenvalue weighted by Gasteiger charge is 2.31. The van der Waals surface area contributed by atoms with E-state index in [-0.39, 0.29) is 29.1 Å². The topological polar surface area (TPSA) is 106 Å². The Morgan fingerprint density at radius 1 is 0.756 bits per heavy atom. The number of hydrogen-bond acceptors (Lipinski definition) is 7. The molecule has 0 atom stereocenters. The second-order valence-electron chi connectivity index (χ2n) is 10.2. The first kappa shape index (κ1) is 31.7. The van der Waals surface area contributed by atoms with Crippen LogP contribution in [0.2, 0.25) is 0 Å². The van der Waals surface area contributed by atoms with Gasteiger partial charge in [0.2, 0.25) is 0 Å². The highest BCUT2D eigenvalue weighted by atomic mass is 32.2. The van der Waals surface area contributed by atoms with Gasteiger partial charge < -0.3 is 24.6 Å². The molecule has 1 aliphatic rings. The molecule has 4 aromatic rings. The van der Waals surface area contributed by atoms with Crippen molar-refractivity contribution in [1.82, 2.24) is 4.72 Å². The maximum absolute atomic E-state index is 12.6. The second kappa shape index (κ2) is 14.4. The summed E-state index contributed by atoms with van der Waals surface area (Å²) in [6.07, 6.45) is -1.13. The number of carbonyl (C=O) groups excluding carboxylic acids is 1. The van der Waals surface area contributed by atoms with Gasteiger partial charge in [0.15, 0.2) is 0 Å². The van der Waals surface area contributed by atoms with E-state index in [1.54, 1.807) is 60.7 Å². The number of amides is 1. The number of hydrogen-bond donors (Lipinski definition) is 3. The summed E-state index contributed by atoms with van der Waals surface area (Å²) < 4.78 is 56.3. The van der Waals surface area contributed by atoms with E-state index >= 15 is 0 Å². The van der Waals surface area contributed by atoms with Crippen molar-refractivity contribution in [2.45, 2.75) is 49.1 Å². The average Bonchev–Trinajstić information content (AvgIpc) is 3.02. The van der Waals surface area contributed by atoms with Crippen molar-refractivity contribution in [3.05, 3.63) is 108 Å². The van der Waals surface area contributed by atoms with Gasteiger partial charge in [0, 0.05) is 16.5 Å². The van der Waals surface area contributed by atoms with E-state index in [4.69, 9.17) is 9.47 Å². The van der Waals surface area contributed by atoms with Crippen molar-refractivity contribution >= 4 is 29.5 Å². The van der Waals surface area contributed by atoms with Crippen molar-refractivity contribution in [3.63, 3.8) is 0 Å². The number of alkyl halides is 3. The molecule has 1 aliphatic carbocycles. The van der Waals surface area contributed by atoms with Crippen LogP contribution in [0.3, 0.4) is 0 Å². The van der Waals surface area contributed by atoms with E-state index in [9.17, 15) is 27.9 Å². The zero-order chi connectivity index (χ0) is 31.8. The van der Waals surface area contributed by atoms with Crippen molar-refractivity contribution < 1.29 is 42.1 Å². The zero-order valence-electron chi connectivity index (χ0n) is 23.8. The number of aromatic carboxylic acids is 1. The maximum Gasteiger partial charge on any atom is 0.573 e. The minimum absolute atomic E-state index is 0.00540.